The van der Waals surface area contributed by atoms with Gasteiger partial charge in [-0.1, -0.05) is 61.5 Å². The predicted molar refractivity (Wildman–Crippen MR) is 130 cm³/mol. The fraction of sp³-hybridized carbons (Fsp3) is 0.241. The van der Waals surface area contributed by atoms with Gasteiger partial charge in [0.2, 0.25) is 0 Å². The number of benzene rings is 3. The van der Waals surface area contributed by atoms with Gasteiger partial charge in [0.05, 0.1) is 6.04 Å². The standard InChI is InChI=1S/C29H30N2O/c1-2-23-11-6-7-12-25(23)22-31-20-10-19-30-18-9-17-28(30)29(31)24-13-8-16-27(21-24)32-26-14-4-3-5-15-26/h3-9,11-18,21,29H,2,10,19-20,22H2,1H3. The minimum Gasteiger partial charge on any atom is -0.457 e. The van der Waals surface area contributed by atoms with E-state index in [0.717, 1.165) is 44.0 Å². The van der Waals surface area contributed by atoms with E-state index in [1.807, 2.05) is 36.4 Å². The summed E-state index contributed by atoms with van der Waals surface area (Å²) in [4.78, 5) is 2.63. The van der Waals surface area contributed by atoms with E-state index in [0.29, 0.717) is 0 Å². The van der Waals surface area contributed by atoms with Crippen LogP contribution in [0.3, 0.4) is 0 Å². The van der Waals surface area contributed by atoms with E-state index in [-0.39, 0.29) is 6.04 Å². The zero-order valence-corrected chi connectivity index (χ0v) is 18.7. The molecule has 2 heterocycles. The minimum atomic E-state index is 0.191. The molecule has 0 radical (unpaired) electrons. The molecule has 0 N–H and O–H groups in total. The summed E-state index contributed by atoms with van der Waals surface area (Å²) < 4.78 is 8.59. The van der Waals surface area contributed by atoms with E-state index in [4.69, 9.17) is 4.74 Å². The lowest BCUT2D eigenvalue weighted by atomic mass is 9.99. The fourth-order valence-electron chi connectivity index (χ4n) is 4.84. The first-order valence-electron chi connectivity index (χ1n) is 11.6. The quantitative estimate of drug-likeness (QED) is 0.338. The first kappa shape index (κ1) is 20.6. The molecule has 0 fully saturated rings. The number of para-hydroxylation sites is 1. The molecule has 0 spiro atoms. The second kappa shape index (κ2) is 9.46. The van der Waals surface area contributed by atoms with Crippen molar-refractivity contribution < 1.29 is 4.74 Å². The van der Waals surface area contributed by atoms with Gasteiger partial charge in [0.25, 0.3) is 0 Å². The van der Waals surface area contributed by atoms with Crippen LogP contribution in [-0.2, 0) is 19.5 Å². The molecule has 3 nitrogen and oxygen atoms in total. The lowest BCUT2D eigenvalue weighted by molar-refractivity contribution is 0.219. The monoisotopic (exact) mass is 422 g/mol. The number of aromatic nitrogens is 1. The molecule has 0 bridgehead atoms. The van der Waals surface area contributed by atoms with Gasteiger partial charge in [-0.2, -0.15) is 0 Å². The van der Waals surface area contributed by atoms with Crippen LogP contribution in [0.5, 0.6) is 11.5 Å². The van der Waals surface area contributed by atoms with Crippen molar-refractivity contribution in [2.24, 2.45) is 0 Å². The third-order valence-electron chi connectivity index (χ3n) is 6.38. The molecule has 1 aliphatic heterocycles. The molecule has 0 saturated carbocycles. The molecule has 162 valence electrons. The summed E-state index contributed by atoms with van der Waals surface area (Å²) in [5.41, 5.74) is 5.49. The van der Waals surface area contributed by atoms with E-state index < -0.39 is 0 Å². The van der Waals surface area contributed by atoms with Gasteiger partial charge in [-0.05, 0) is 65.9 Å². The zero-order chi connectivity index (χ0) is 21.8. The largest absolute Gasteiger partial charge is 0.457 e. The van der Waals surface area contributed by atoms with Crippen LogP contribution in [0.4, 0.5) is 0 Å². The van der Waals surface area contributed by atoms with E-state index in [1.165, 1.54) is 22.4 Å². The molecule has 1 unspecified atom stereocenters. The molecular weight excluding hydrogens is 392 g/mol. The SMILES string of the molecule is CCc1ccccc1CN1CCCn2cccc2C1c1cccc(Oc2ccccc2)c1. The number of fused-ring (bicyclic) bond motifs is 1. The van der Waals surface area contributed by atoms with Crippen LogP contribution < -0.4 is 4.74 Å². The van der Waals surface area contributed by atoms with E-state index in [1.54, 1.807) is 0 Å². The number of ether oxygens (including phenoxy) is 1. The molecule has 32 heavy (non-hydrogen) atoms. The van der Waals surface area contributed by atoms with Crippen molar-refractivity contribution in [1.29, 1.82) is 0 Å². The Kier molecular flexibility index (Phi) is 6.09. The molecule has 1 atom stereocenters. The molecule has 0 saturated heterocycles. The lowest BCUT2D eigenvalue weighted by Crippen LogP contribution is -2.30. The van der Waals surface area contributed by atoms with Crippen molar-refractivity contribution in [2.45, 2.75) is 38.9 Å². The highest BCUT2D eigenvalue weighted by Gasteiger charge is 2.28. The summed E-state index contributed by atoms with van der Waals surface area (Å²) in [7, 11) is 0. The van der Waals surface area contributed by atoms with Crippen LogP contribution >= 0.6 is 0 Å². The van der Waals surface area contributed by atoms with Crippen LogP contribution in [0.1, 0.15) is 41.8 Å². The van der Waals surface area contributed by atoms with Gasteiger partial charge < -0.3 is 9.30 Å². The van der Waals surface area contributed by atoms with Crippen LogP contribution in [0.15, 0.2) is 97.2 Å². The van der Waals surface area contributed by atoms with Gasteiger partial charge in [0, 0.05) is 31.5 Å². The molecule has 4 aromatic rings. The Morgan fingerprint density at radius 1 is 0.781 bits per heavy atom. The summed E-state index contributed by atoms with van der Waals surface area (Å²) in [5.74, 6) is 1.74. The van der Waals surface area contributed by atoms with Crippen molar-refractivity contribution in [3.63, 3.8) is 0 Å². The van der Waals surface area contributed by atoms with Crippen molar-refractivity contribution in [2.75, 3.05) is 6.54 Å². The highest BCUT2D eigenvalue weighted by molar-refractivity contribution is 5.39. The van der Waals surface area contributed by atoms with Gasteiger partial charge >= 0.3 is 0 Å². The maximum atomic E-state index is 6.18. The molecule has 3 heteroatoms. The second-order valence-electron chi connectivity index (χ2n) is 8.46. The number of aryl methyl sites for hydroxylation is 2. The number of rotatable bonds is 6. The molecule has 1 aliphatic rings. The summed E-state index contributed by atoms with van der Waals surface area (Å²) in [5, 5.41) is 0. The van der Waals surface area contributed by atoms with Crippen LogP contribution in [0.25, 0.3) is 0 Å². The predicted octanol–water partition coefficient (Wildman–Crippen LogP) is 6.84. The number of hydrogen-bond donors (Lipinski definition) is 0. The highest BCUT2D eigenvalue weighted by Crippen LogP contribution is 2.35. The molecule has 5 rings (SSSR count). The van der Waals surface area contributed by atoms with Gasteiger partial charge in [0.15, 0.2) is 0 Å². The van der Waals surface area contributed by atoms with Crippen LogP contribution in [-0.4, -0.2) is 16.0 Å². The van der Waals surface area contributed by atoms with Crippen LogP contribution in [0, 0.1) is 0 Å². The van der Waals surface area contributed by atoms with Crippen molar-refractivity contribution in [3.8, 4) is 11.5 Å². The van der Waals surface area contributed by atoms with E-state index in [2.05, 4.69) is 77.2 Å². The average molecular weight is 423 g/mol. The van der Waals surface area contributed by atoms with E-state index in [9.17, 15) is 0 Å². The normalized spacial score (nSPS) is 16.3. The first-order chi connectivity index (χ1) is 15.8. The second-order valence-corrected chi connectivity index (χ2v) is 8.46. The van der Waals surface area contributed by atoms with Gasteiger partial charge in [-0.25, -0.2) is 0 Å². The van der Waals surface area contributed by atoms with Crippen molar-refractivity contribution >= 4 is 0 Å². The Balaban J connectivity index is 1.52. The van der Waals surface area contributed by atoms with E-state index >= 15 is 0 Å². The lowest BCUT2D eigenvalue weighted by Gasteiger charge is -2.31. The van der Waals surface area contributed by atoms with Gasteiger partial charge in [-0.3, -0.25) is 4.90 Å². The van der Waals surface area contributed by atoms with Crippen molar-refractivity contribution in [1.82, 2.24) is 9.47 Å². The third kappa shape index (κ3) is 4.35. The first-order valence-corrected chi connectivity index (χ1v) is 11.6. The Morgan fingerprint density at radius 2 is 1.56 bits per heavy atom. The Hall–Kier alpha value is -3.30. The smallest absolute Gasteiger partial charge is 0.127 e. The Labute approximate surface area is 190 Å². The molecule has 0 aliphatic carbocycles. The minimum absolute atomic E-state index is 0.191. The molecule has 0 amide bonds. The number of hydrogen-bond acceptors (Lipinski definition) is 2. The van der Waals surface area contributed by atoms with Gasteiger partial charge in [0.1, 0.15) is 11.5 Å². The summed E-state index contributed by atoms with van der Waals surface area (Å²) in [6.07, 6.45) is 4.42. The zero-order valence-electron chi connectivity index (χ0n) is 18.7. The Morgan fingerprint density at radius 3 is 2.41 bits per heavy atom. The summed E-state index contributed by atoms with van der Waals surface area (Å²) in [6, 6.07) is 32.1. The van der Waals surface area contributed by atoms with Crippen LogP contribution in [0.2, 0.25) is 0 Å². The fourth-order valence-corrected chi connectivity index (χ4v) is 4.84. The average Bonchev–Trinajstić information content (AvgIpc) is 3.21. The third-order valence-corrected chi connectivity index (χ3v) is 6.38. The molecule has 1 aromatic heterocycles. The maximum absolute atomic E-state index is 6.18. The molecular formula is C29H30N2O. The highest BCUT2D eigenvalue weighted by atomic mass is 16.5. The Bertz CT molecular complexity index is 1160. The van der Waals surface area contributed by atoms with Crippen molar-refractivity contribution in [3.05, 3.63) is 120 Å². The summed E-state index contributed by atoms with van der Waals surface area (Å²) >= 11 is 0. The number of nitrogens with zero attached hydrogens (tertiary/aromatic N) is 2. The topological polar surface area (TPSA) is 17.4 Å². The molecule has 3 aromatic carbocycles. The van der Waals surface area contributed by atoms with Gasteiger partial charge in [-0.15, -0.1) is 0 Å². The maximum Gasteiger partial charge on any atom is 0.127 e. The summed E-state index contributed by atoms with van der Waals surface area (Å²) in [6.45, 7) is 5.32.